The number of ketones is 1. The Labute approximate surface area is 225 Å². The largest absolute Gasteiger partial charge is 0.479 e. The highest BCUT2D eigenvalue weighted by Gasteiger charge is 2.28. The maximum Gasteiger partial charge on any atom is 0.410 e. The molecule has 0 aliphatic carbocycles. The molecule has 4 rings (SSSR count). The molecule has 0 spiro atoms. The molecule has 1 amide bonds. The van der Waals surface area contributed by atoms with Gasteiger partial charge >= 0.3 is 6.09 Å². The van der Waals surface area contributed by atoms with Gasteiger partial charge in [0, 0.05) is 25.4 Å². The average Bonchev–Trinajstić information content (AvgIpc) is 2.91. The number of aryl methyl sites for hydroxylation is 1. The number of rotatable bonds is 7. The van der Waals surface area contributed by atoms with E-state index in [0.717, 1.165) is 29.5 Å². The van der Waals surface area contributed by atoms with Gasteiger partial charge in [-0.2, -0.15) is 5.10 Å². The van der Waals surface area contributed by atoms with Crippen molar-refractivity contribution in [1.29, 1.82) is 0 Å². The summed E-state index contributed by atoms with van der Waals surface area (Å²) in [5.74, 6) is 0.482. The first-order chi connectivity index (χ1) is 18.2. The standard InChI is InChI=1S/C31H37N3O4/c1-21-8-6-7-9-25(21)27(20-28(35)26-14-17-32-33-29(26)37-5)24-12-10-22(11-13-24)23-15-18-34(19-16-23)30(36)38-31(2,3)4/h6-14,17,23,27H,15-16,18-20H2,1-5H3. The lowest BCUT2D eigenvalue weighted by Crippen LogP contribution is -2.41. The molecule has 1 atom stereocenters. The molecule has 38 heavy (non-hydrogen) atoms. The topological polar surface area (TPSA) is 81.6 Å². The number of hydrogen-bond donors (Lipinski definition) is 0. The van der Waals surface area contributed by atoms with Gasteiger partial charge in [-0.15, -0.1) is 5.10 Å². The quantitative estimate of drug-likeness (QED) is 0.343. The van der Waals surface area contributed by atoms with Gasteiger partial charge in [0.05, 0.1) is 18.9 Å². The number of carbonyl (C=O) groups is 2. The van der Waals surface area contributed by atoms with E-state index in [9.17, 15) is 9.59 Å². The number of piperidine rings is 1. The second-order valence-corrected chi connectivity index (χ2v) is 10.9. The van der Waals surface area contributed by atoms with Gasteiger partial charge in [0.1, 0.15) is 5.60 Å². The Balaban J connectivity index is 1.51. The van der Waals surface area contributed by atoms with E-state index in [1.165, 1.54) is 18.9 Å². The maximum absolute atomic E-state index is 13.4. The molecule has 200 valence electrons. The first kappa shape index (κ1) is 27.3. The first-order valence-electron chi connectivity index (χ1n) is 13.2. The summed E-state index contributed by atoms with van der Waals surface area (Å²) in [6.07, 6.45) is 3.36. The van der Waals surface area contributed by atoms with E-state index in [2.05, 4.69) is 53.5 Å². The minimum Gasteiger partial charge on any atom is -0.479 e. The van der Waals surface area contributed by atoms with Crippen molar-refractivity contribution in [3.05, 3.63) is 88.6 Å². The molecular weight excluding hydrogens is 478 g/mol. The summed E-state index contributed by atoms with van der Waals surface area (Å²) in [4.78, 5) is 27.6. The summed E-state index contributed by atoms with van der Waals surface area (Å²) in [5, 5.41) is 7.80. The molecule has 1 fully saturated rings. The minimum atomic E-state index is -0.488. The van der Waals surface area contributed by atoms with Crippen molar-refractivity contribution >= 4 is 11.9 Å². The predicted molar refractivity (Wildman–Crippen MR) is 147 cm³/mol. The second kappa shape index (κ2) is 11.8. The number of amides is 1. The first-order valence-corrected chi connectivity index (χ1v) is 13.2. The van der Waals surface area contributed by atoms with Crippen LogP contribution in [0.2, 0.25) is 0 Å². The number of methoxy groups -OCH3 is 1. The van der Waals surface area contributed by atoms with Crippen LogP contribution in [0.3, 0.4) is 0 Å². The van der Waals surface area contributed by atoms with Crippen molar-refractivity contribution in [2.24, 2.45) is 0 Å². The fourth-order valence-electron chi connectivity index (χ4n) is 5.08. The summed E-state index contributed by atoms with van der Waals surface area (Å²) in [7, 11) is 1.50. The van der Waals surface area contributed by atoms with Crippen LogP contribution in [0.25, 0.3) is 0 Å². The number of ether oxygens (including phenoxy) is 2. The summed E-state index contributed by atoms with van der Waals surface area (Å²) < 4.78 is 10.8. The van der Waals surface area contributed by atoms with E-state index < -0.39 is 5.60 Å². The maximum atomic E-state index is 13.4. The number of nitrogens with zero attached hydrogens (tertiary/aromatic N) is 3. The molecule has 1 unspecified atom stereocenters. The van der Waals surface area contributed by atoms with E-state index in [0.29, 0.717) is 31.0 Å². The third kappa shape index (κ3) is 6.57. The highest BCUT2D eigenvalue weighted by atomic mass is 16.6. The normalized spacial score (nSPS) is 15.1. The smallest absolute Gasteiger partial charge is 0.410 e. The molecule has 1 aliphatic rings. The number of likely N-dealkylation sites (tertiary alicyclic amines) is 1. The van der Waals surface area contributed by atoms with Gasteiger partial charge < -0.3 is 14.4 Å². The number of aromatic nitrogens is 2. The van der Waals surface area contributed by atoms with Crippen LogP contribution in [0.5, 0.6) is 5.88 Å². The van der Waals surface area contributed by atoms with Crippen LogP contribution in [-0.2, 0) is 4.74 Å². The molecule has 2 aromatic carbocycles. The molecule has 0 radical (unpaired) electrons. The Bertz CT molecular complexity index is 1260. The van der Waals surface area contributed by atoms with Crippen LogP contribution in [0, 0.1) is 6.92 Å². The van der Waals surface area contributed by atoms with E-state index in [4.69, 9.17) is 9.47 Å². The van der Waals surface area contributed by atoms with E-state index in [1.54, 1.807) is 11.0 Å². The minimum absolute atomic E-state index is 0.0383. The highest BCUT2D eigenvalue weighted by Crippen LogP contribution is 2.35. The van der Waals surface area contributed by atoms with E-state index >= 15 is 0 Å². The summed E-state index contributed by atoms with van der Waals surface area (Å²) in [5.41, 5.74) is 4.56. The van der Waals surface area contributed by atoms with Crippen LogP contribution in [-0.4, -0.2) is 52.8 Å². The highest BCUT2D eigenvalue weighted by molar-refractivity contribution is 5.98. The predicted octanol–water partition coefficient (Wildman–Crippen LogP) is 6.31. The van der Waals surface area contributed by atoms with Gasteiger partial charge in [-0.1, -0.05) is 48.5 Å². The Morgan fingerprint density at radius 1 is 1.03 bits per heavy atom. The number of hydrogen-bond acceptors (Lipinski definition) is 6. The SMILES string of the molecule is COc1nnccc1C(=O)CC(c1ccc(C2CCN(C(=O)OC(C)(C)C)CC2)cc1)c1ccccc1C. The van der Waals surface area contributed by atoms with Crippen LogP contribution >= 0.6 is 0 Å². The molecule has 1 aliphatic heterocycles. The lowest BCUT2D eigenvalue weighted by molar-refractivity contribution is 0.0204. The molecule has 7 nitrogen and oxygen atoms in total. The zero-order valence-corrected chi connectivity index (χ0v) is 22.9. The van der Waals surface area contributed by atoms with Crippen molar-refractivity contribution < 1.29 is 19.1 Å². The van der Waals surface area contributed by atoms with Gasteiger partial charge in [0.25, 0.3) is 0 Å². The van der Waals surface area contributed by atoms with Crippen LogP contribution < -0.4 is 4.74 Å². The fraction of sp³-hybridized carbons (Fsp3) is 0.419. The van der Waals surface area contributed by atoms with Crippen molar-refractivity contribution in [3.63, 3.8) is 0 Å². The molecule has 1 saturated heterocycles. The number of carbonyl (C=O) groups excluding carboxylic acids is 2. The van der Waals surface area contributed by atoms with Crippen LogP contribution in [0.4, 0.5) is 4.79 Å². The molecule has 0 N–H and O–H groups in total. The fourth-order valence-corrected chi connectivity index (χ4v) is 5.08. The monoisotopic (exact) mass is 515 g/mol. The Morgan fingerprint density at radius 3 is 2.34 bits per heavy atom. The summed E-state index contributed by atoms with van der Waals surface area (Å²) in [6, 6.07) is 18.5. The molecule has 0 bridgehead atoms. The van der Waals surface area contributed by atoms with Gasteiger partial charge in [-0.05, 0) is 74.8 Å². The van der Waals surface area contributed by atoms with Crippen molar-refractivity contribution in [1.82, 2.24) is 15.1 Å². The summed E-state index contributed by atoms with van der Waals surface area (Å²) >= 11 is 0. The van der Waals surface area contributed by atoms with E-state index in [-0.39, 0.29) is 23.7 Å². The van der Waals surface area contributed by atoms with Crippen LogP contribution in [0.1, 0.15) is 84.5 Å². The van der Waals surface area contributed by atoms with Crippen LogP contribution in [0.15, 0.2) is 60.8 Å². The van der Waals surface area contributed by atoms with Gasteiger partial charge in [0.15, 0.2) is 5.78 Å². The number of Topliss-reactive ketones (excluding diaryl/α,β-unsaturated/α-hetero) is 1. The summed E-state index contributed by atoms with van der Waals surface area (Å²) in [6.45, 7) is 9.12. The molecule has 2 heterocycles. The van der Waals surface area contributed by atoms with Crippen molar-refractivity contribution in [2.75, 3.05) is 20.2 Å². The zero-order valence-electron chi connectivity index (χ0n) is 22.9. The average molecular weight is 516 g/mol. The Morgan fingerprint density at radius 2 is 1.71 bits per heavy atom. The molecular formula is C31H37N3O4. The van der Waals surface area contributed by atoms with Crippen molar-refractivity contribution in [3.8, 4) is 5.88 Å². The lowest BCUT2D eigenvalue weighted by atomic mass is 9.82. The number of benzene rings is 2. The van der Waals surface area contributed by atoms with E-state index in [1.807, 2.05) is 32.9 Å². The Hall–Kier alpha value is -3.74. The van der Waals surface area contributed by atoms with Gasteiger partial charge in [-0.25, -0.2) is 4.79 Å². The second-order valence-electron chi connectivity index (χ2n) is 10.9. The molecule has 0 saturated carbocycles. The lowest BCUT2D eigenvalue weighted by Gasteiger charge is -2.33. The molecule has 1 aromatic heterocycles. The molecule has 3 aromatic rings. The molecule has 7 heteroatoms. The third-order valence-corrected chi connectivity index (χ3v) is 7.09. The van der Waals surface area contributed by atoms with Gasteiger partial charge in [0.2, 0.25) is 5.88 Å². The van der Waals surface area contributed by atoms with Crippen molar-refractivity contribution in [2.45, 2.75) is 64.4 Å². The van der Waals surface area contributed by atoms with Gasteiger partial charge in [-0.3, -0.25) is 4.79 Å². The third-order valence-electron chi connectivity index (χ3n) is 7.09. The Kier molecular flexibility index (Phi) is 8.45. The zero-order chi connectivity index (χ0) is 27.3.